The number of carbonyl (C=O) groups is 1. The summed E-state index contributed by atoms with van der Waals surface area (Å²) in [6.07, 6.45) is -5.31. The van der Waals surface area contributed by atoms with Gasteiger partial charge in [0.05, 0.1) is 0 Å². The number of carbonyl (C=O) groups excluding carboxylic acids is 1. The van der Waals surface area contributed by atoms with Crippen LogP contribution in [0.3, 0.4) is 0 Å². The second-order valence-corrected chi connectivity index (χ2v) is 5.69. The first-order valence-electron chi connectivity index (χ1n) is 6.31. The summed E-state index contributed by atoms with van der Waals surface area (Å²) in [6, 6.07) is 7.13. The van der Waals surface area contributed by atoms with Crippen LogP contribution in [0.15, 0.2) is 24.3 Å². The minimum absolute atomic E-state index is 0.0629. The van der Waals surface area contributed by atoms with Gasteiger partial charge in [-0.2, -0.15) is 13.2 Å². The number of benzene rings is 1. The standard InChI is InChI=1S/C15H19F3O/c1-14(2,3)12-8-5-4-7-11(12)13(19)9-6-10-15(16,17)18/h4-5,7-8H,6,9-10H2,1-3H3. The van der Waals surface area contributed by atoms with E-state index in [-0.39, 0.29) is 24.0 Å². The predicted octanol–water partition coefficient (Wildman–Crippen LogP) is 4.90. The Kier molecular flexibility index (Phi) is 4.77. The van der Waals surface area contributed by atoms with Crippen LogP contribution >= 0.6 is 0 Å². The zero-order valence-electron chi connectivity index (χ0n) is 11.5. The predicted molar refractivity (Wildman–Crippen MR) is 69.4 cm³/mol. The lowest BCUT2D eigenvalue weighted by Crippen LogP contribution is -2.17. The second kappa shape index (κ2) is 5.76. The van der Waals surface area contributed by atoms with Crippen molar-refractivity contribution >= 4 is 5.78 Å². The molecular weight excluding hydrogens is 253 g/mol. The highest BCUT2D eigenvalue weighted by Crippen LogP contribution is 2.28. The van der Waals surface area contributed by atoms with Gasteiger partial charge in [0.15, 0.2) is 5.78 Å². The second-order valence-electron chi connectivity index (χ2n) is 5.69. The Hall–Kier alpha value is -1.32. The van der Waals surface area contributed by atoms with Gasteiger partial charge in [-0.15, -0.1) is 0 Å². The van der Waals surface area contributed by atoms with E-state index in [4.69, 9.17) is 0 Å². The van der Waals surface area contributed by atoms with Crippen LogP contribution in [0.25, 0.3) is 0 Å². The molecule has 0 amide bonds. The van der Waals surface area contributed by atoms with E-state index in [1.807, 2.05) is 32.9 Å². The van der Waals surface area contributed by atoms with Crippen LogP contribution < -0.4 is 0 Å². The van der Waals surface area contributed by atoms with E-state index in [1.165, 1.54) is 0 Å². The monoisotopic (exact) mass is 272 g/mol. The number of ketones is 1. The van der Waals surface area contributed by atoms with E-state index in [0.717, 1.165) is 5.56 Å². The van der Waals surface area contributed by atoms with Gasteiger partial charge in [0.2, 0.25) is 0 Å². The third-order valence-corrected chi connectivity index (χ3v) is 2.90. The van der Waals surface area contributed by atoms with E-state index < -0.39 is 12.6 Å². The number of halogens is 3. The zero-order chi connectivity index (χ0) is 14.7. The van der Waals surface area contributed by atoms with Gasteiger partial charge in [-0.1, -0.05) is 45.0 Å². The van der Waals surface area contributed by atoms with E-state index in [9.17, 15) is 18.0 Å². The molecule has 0 bridgehead atoms. The van der Waals surface area contributed by atoms with E-state index in [1.54, 1.807) is 12.1 Å². The smallest absolute Gasteiger partial charge is 0.294 e. The number of alkyl halides is 3. The maximum Gasteiger partial charge on any atom is 0.389 e. The van der Waals surface area contributed by atoms with Crippen molar-refractivity contribution in [2.24, 2.45) is 0 Å². The molecule has 0 N–H and O–H groups in total. The minimum atomic E-state index is -4.19. The topological polar surface area (TPSA) is 17.1 Å². The molecule has 0 unspecified atom stereocenters. The first-order chi connectivity index (χ1) is 8.61. The first-order valence-corrected chi connectivity index (χ1v) is 6.31. The van der Waals surface area contributed by atoms with Crippen molar-refractivity contribution < 1.29 is 18.0 Å². The van der Waals surface area contributed by atoms with Gasteiger partial charge >= 0.3 is 6.18 Å². The normalized spacial score (nSPS) is 12.5. The molecular formula is C15H19F3O. The summed E-state index contributed by atoms with van der Waals surface area (Å²) < 4.78 is 36.2. The van der Waals surface area contributed by atoms with Crippen molar-refractivity contribution in [1.82, 2.24) is 0 Å². The highest BCUT2D eigenvalue weighted by Gasteiger charge is 2.27. The van der Waals surface area contributed by atoms with Gasteiger partial charge in [-0.3, -0.25) is 4.79 Å². The van der Waals surface area contributed by atoms with Crippen LogP contribution in [0.5, 0.6) is 0 Å². The van der Waals surface area contributed by atoms with Crippen LogP contribution in [-0.2, 0) is 5.41 Å². The van der Waals surface area contributed by atoms with Gasteiger partial charge in [0, 0.05) is 18.4 Å². The summed E-state index contributed by atoms with van der Waals surface area (Å²) in [5.41, 5.74) is 1.22. The summed E-state index contributed by atoms with van der Waals surface area (Å²) in [4.78, 5) is 12.0. The summed E-state index contributed by atoms with van der Waals surface area (Å²) in [7, 11) is 0. The van der Waals surface area contributed by atoms with Gasteiger partial charge in [-0.05, 0) is 17.4 Å². The molecule has 19 heavy (non-hydrogen) atoms. The van der Waals surface area contributed by atoms with Crippen molar-refractivity contribution in [1.29, 1.82) is 0 Å². The molecule has 0 aliphatic carbocycles. The Morgan fingerprint density at radius 3 is 2.21 bits per heavy atom. The Morgan fingerprint density at radius 1 is 1.11 bits per heavy atom. The molecule has 0 spiro atoms. The van der Waals surface area contributed by atoms with Crippen LogP contribution in [0, 0.1) is 0 Å². The van der Waals surface area contributed by atoms with Crippen molar-refractivity contribution in [2.45, 2.75) is 51.6 Å². The van der Waals surface area contributed by atoms with Crippen molar-refractivity contribution in [3.63, 3.8) is 0 Å². The molecule has 1 nitrogen and oxygen atoms in total. The molecule has 4 heteroatoms. The zero-order valence-corrected chi connectivity index (χ0v) is 11.5. The van der Waals surface area contributed by atoms with Gasteiger partial charge in [-0.25, -0.2) is 0 Å². The maximum absolute atomic E-state index is 12.1. The highest BCUT2D eigenvalue weighted by molar-refractivity contribution is 5.97. The Bertz CT molecular complexity index is 441. The molecule has 0 atom stereocenters. The van der Waals surface area contributed by atoms with Gasteiger partial charge < -0.3 is 0 Å². The lowest BCUT2D eigenvalue weighted by Gasteiger charge is -2.22. The number of Topliss-reactive ketones (excluding diaryl/α,β-unsaturated/α-hetero) is 1. The number of rotatable bonds is 4. The lowest BCUT2D eigenvalue weighted by molar-refractivity contribution is -0.135. The fraction of sp³-hybridized carbons (Fsp3) is 0.533. The highest BCUT2D eigenvalue weighted by atomic mass is 19.4. The molecule has 0 saturated heterocycles. The van der Waals surface area contributed by atoms with Crippen LogP contribution in [-0.4, -0.2) is 12.0 Å². The Labute approximate surface area is 111 Å². The van der Waals surface area contributed by atoms with E-state index in [0.29, 0.717) is 5.56 Å². The summed E-state index contributed by atoms with van der Waals surface area (Å²) in [5, 5.41) is 0. The van der Waals surface area contributed by atoms with Crippen LogP contribution in [0.4, 0.5) is 13.2 Å². The van der Waals surface area contributed by atoms with Gasteiger partial charge in [0.25, 0.3) is 0 Å². The van der Waals surface area contributed by atoms with Crippen molar-refractivity contribution in [3.8, 4) is 0 Å². The van der Waals surface area contributed by atoms with E-state index in [2.05, 4.69) is 0 Å². The number of hydrogen-bond donors (Lipinski definition) is 0. The molecule has 0 fully saturated rings. The average Bonchev–Trinajstić information content (AvgIpc) is 2.26. The van der Waals surface area contributed by atoms with E-state index >= 15 is 0 Å². The fourth-order valence-corrected chi connectivity index (χ4v) is 1.96. The molecule has 0 aliphatic heterocycles. The van der Waals surface area contributed by atoms with Crippen LogP contribution in [0.1, 0.15) is 56.0 Å². The van der Waals surface area contributed by atoms with Gasteiger partial charge in [0.1, 0.15) is 0 Å². The third-order valence-electron chi connectivity index (χ3n) is 2.90. The largest absolute Gasteiger partial charge is 0.389 e. The molecule has 106 valence electrons. The third kappa shape index (κ3) is 5.05. The summed E-state index contributed by atoms with van der Waals surface area (Å²) in [5.74, 6) is -0.213. The molecule has 1 aromatic carbocycles. The molecule has 0 saturated carbocycles. The van der Waals surface area contributed by atoms with Crippen molar-refractivity contribution in [2.75, 3.05) is 0 Å². The summed E-state index contributed by atoms with van der Waals surface area (Å²) >= 11 is 0. The maximum atomic E-state index is 12.1. The molecule has 1 aromatic rings. The molecule has 1 rings (SSSR count). The quantitative estimate of drug-likeness (QED) is 0.712. The SMILES string of the molecule is CC(C)(C)c1ccccc1C(=O)CCCC(F)(F)F. The average molecular weight is 272 g/mol. The van der Waals surface area contributed by atoms with Crippen LogP contribution in [0.2, 0.25) is 0 Å². The number of hydrogen-bond acceptors (Lipinski definition) is 1. The summed E-state index contributed by atoms with van der Waals surface area (Å²) in [6.45, 7) is 5.94. The Morgan fingerprint density at radius 2 is 1.68 bits per heavy atom. The molecule has 0 radical (unpaired) electrons. The lowest BCUT2D eigenvalue weighted by atomic mass is 9.82. The fourth-order valence-electron chi connectivity index (χ4n) is 1.96. The molecule has 0 heterocycles. The Balaban J connectivity index is 2.78. The minimum Gasteiger partial charge on any atom is -0.294 e. The molecule has 0 aliphatic rings. The first kappa shape index (κ1) is 15.7. The molecule has 0 aromatic heterocycles. The van der Waals surface area contributed by atoms with Crippen molar-refractivity contribution in [3.05, 3.63) is 35.4 Å².